The van der Waals surface area contributed by atoms with E-state index in [0.29, 0.717) is 18.4 Å². The molecule has 0 amide bonds. The Hall–Kier alpha value is -3.04. The van der Waals surface area contributed by atoms with Crippen LogP contribution >= 0.6 is 0 Å². The van der Waals surface area contributed by atoms with Crippen LogP contribution in [0.4, 0.5) is 11.9 Å². The van der Waals surface area contributed by atoms with Gasteiger partial charge >= 0.3 is 0 Å². The zero-order valence-corrected chi connectivity index (χ0v) is 11.6. The Kier molecular flexibility index (Phi) is 3.18. The van der Waals surface area contributed by atoms with E-state index in [-0.39, 0.29) is 5.95 Å². The predicted molar refractivity (Wildman–Crippen MR) is 74.5 cm³/mol. The molecule has 3 rings (SSSR count). The van der Waals surface area contributed by atoms with Gasteiger partial charge in [0.1, 0.15) is 12.7 Å². The van der Waals surface area contributed by atoms with Gasteiger partial charge in [0, 0.05) is 32.4 Å². The minimum Gasteiger partial charge on any atom is -0.368 e. The number of nitrogens with two attached hydrogens (primary N) is 1. The number of anilines is 2. The van der Waals surface area contributed by atoms with Crippen LogP contribution in [0.25, 0.3) is 5.95 Å². The second kappa shape index (κ2) is 5.15. The summed E-state index contributed by atoms with van der Waals surface area (Å²) in [5.41, 5.74) is 6.78. The van der Waals surface area contributed by atoms with E-state index in [4.69, 9.17) is 5.73 Å². The van der Waals surface area contributed by atoms with Gasteiger partial charge in [-0.05, 0) is 0 Å². The van der Waals surface area contributed by atoms with E-state index in [1.165, 1.54) is 17.3 Å². The maximum absolute atomic E-state index is 5.73. The lowest BCUT2D eigenvalue weighted by Crippen LogP contribution is -2.21. The summed E-state index contributed by atoms with van der Waals surface area (Å²) in [4.78, 5) is 18.2. The van der Waals surface area contributed by atoms with Gasteiger partial charge in [0.15, 0.2) is 0 Å². The quantitative estimate of drug-likeness (QED) is 0.676. The van der Waals surface area contributed by atoms with Gasteiger partial charge in [0.2, 0.25) is 11.9 Å². The molecule has 0 fully saturated rings. The molecule has 108 valence electrons. The van der Waals surface area contributed by atoms with Gasteiger partial charge in [-0.2, -0.15) is 29.8 Å². The second-order valence-electron chi connectivity index (χ2n) is 4.51. The van der Waals surface area contributed by atoms with Gasteiger partial charge in [-0.15, -0.1) is 0 Å². The van der Waals surface area contributed by atoms with Crippen LogP contribution in [0.5, 0.6) is 0 Å². The van der Waals surface area contributed by atoms with Crippen molar-refractivity contribution in [3.8, 4) is 5.95 Å². The smallest absolute Gasteiger partial charge is 0.258 e. The monoisotopic (exact) mass is 286 g/mol. The SMILES string of the molecule is CN(Cc1cnn(C)c1)c1nc(N)nc(-n2cncn2)n1. The standard InChI is InChI=1S/C11H14N10/c1-19(4-8-3-14-20(2)5-8)10-16-9(12)17-11(18-10)21-7-13-6-15-21/h3,5-7H,4H2,1-2H3,(H2,12,16,17,18). The largest absolute Gasteiger partial charge is 0.368 e. The third-order valence-electron chi connectivity index (χ3n) is 2.77. The Balaban J connectivity index is 1.87. The van der Waals surface area contributed by atoms with Crippen LogP contribution in [0.1, 0.15) is 5.56 Å². The minimum atomic E-state index is 0.128. The predicted octanol–water partition coefficient (Wildman–Crippen LogP) is -0.596. The number of aryl methyl sites for hydroxylation is 1. The minimum absolute atomic E-state index is 0.128. The van der Waals surface area contributed by atoms with Crippen LogP contribution in [0.3, 0.4) is 0 Å². The van der Waals surface area contributed by atoms with Crippen LogP contribution in [0.2, 0.25) is 0 Å². The third kappa shape index (κ3) is 2.78. The number of hydrogen-bond donors (Lipinski definition) is 1. The maximum Gasteiger partial charge on any atom is 0.258 e. The molecule has 3 aromatic rings. The van der Waals surface area contributed by atoms with E-state index in [1.807, 2.05) is 25.2 Å². The fourth-order valence-electron chi connectivity index (χ4n) is 1.85. The van der Waals surface area contributed by atoms with E-state index in [2.05, 4.69) is 30.1 Å². The van der Waals surface area contributed by atoms with Crippen LogP contribution in [0, 0.1) is 0 Å². The van der Waals surface area contributed by atoms with E-state index >= 15 is 0 Å². The molecule has 3 heterocycles. The van der Waals surface area contributed by atoms with E-state index in [1.54, 1.807) is 10.9 Å². The van der Waals surface area contributed by atoms with Crippen LogP contribution in [-0.2, 0) is 13.6 Å². The summed E-state index contributed by atoms with van der Waals surface area (Å²) >= 11 is 0. The first-order valence-electron chi connectivity index (χ1n) is 6.17. The second-order valence-corrected chi connectivity index (χ2v) is 4.51. The molecule has 21 heavy (non-hydrogen) atoms. The number of hydrogen-bond acceptors (Lipinski definition) is 8. The summed E-state index contributed by atoms with van der Waals surface area (Å²) in [6.07, 6.45) is 6.62. The first-order chi connectivity index (χ1) is 10.1. The lowest BCUT2D eigenvalue weighted by atomic mass is 10.3. The topological polar surface area (TPSA) is 116 Å². The van der Waals surface area contributed by atoms with Gasteiger partial charge in [-0.25, -0.2) is 4.98 Å². The highest BCUT2D eigenvalue weighted by atomic mass is 15.4. The van der Waals surface area contributed by atoms with Gasteiger partial charge in [0.05, 0.1) is 6.20 Å². The normalized spacial score (nSPS) is 10.8. The summed E-state index contributed by atoms with van der Waals surface area (Å²) in [6.45, 7) is 0.605. The van der Waals surface area contributed by atoms with Crippen molar-refractivity contribution in [3.63, 3.8) is 0 Å². The molecule has 2 N–H and O–H groups in total. The van der Waals surface area contributed by atoms with Crippen molar-refractivity contribution in [2.75, 3.05) is 17.7 Å². The summed E-state index contributed by atoms with van der Waals surface area (Å²) in [5.74, 6) is 0.911. The molecule has 10 nitrogen and oxygen atoms in total. The lowest BCUT2D eigenvalue weighted by molar-refractivity contribution is 0.764. The van der Waals surface area contributed by atoms with E-state index in [0.717, 1.165) is 5.56 Å². The Morgan fingerprint density at radius 3 is 2.76 bits per heavy atom. The summed E-state index contributed by atoms with van der Waals surface area (Å²) in [6, 6.07) is 0. The first kappa shape index (κ1) is 13.0. The van der Waals surface area contributed by atoms with Crippen molar-refractivity contribution >= 4 is 11.9 Å². The zero-order valence-electron chi connectivity index (χ0n) is 11.6. The van der Waals surface area contributed by atoms with Crippen molar-refractivity contribution in [1.29, 1.82) is 0 Å². The molecule has 0 aliphatic heterocycles. The summed E-state index contributed by atoms with van der Waals surface area (Å²) in [5, 5.41) is 8.11. The van der Waals surface area contributed by atoms with Crippen molar-refractivity contribution in [3.05, 3.63) is 30.6 Å². The molecular formula is C11H14N10. The average Bonchev–Trinajstić information content (AvgIpc) is 3.10. The van der Waals surface area contributed by atoms with Gasteiger partial charge in [0.25, 0.3) is 5.95 Å². The molecule has 10 heteroatoms. The fraction of sp³-hybridized carbons (Fsp3) is 0.273. The van der Waals surface area contributed by atoms with Crippen molar-refractivity contribution < 1.29 is 0 Å². The molecule has 0 bridgehead atoms. The zero-order chi connectivity index (χ0) is 14.8. The van der Waals surface area contributed by atoms with E-state index in [9.17, 15) is 0 Å². The Morgan fingerprint density at radius 2 is 2.10 bits per heavy atom. The number of rotatable bonds is 4. The summed E-state index contributed by atoms with van der Waals surface area (Å²) < 4.78 is 3.17. The lowest BCUT2D eigenvalue weighted by Gasteiger charge is -2.16. The summed E-state index contributed by atoms with van der Waals surface area (Å²) in [7, 11) is 3.74. The molecule has 0 saturated heterocycles. The Labute approximate surface area is 120 Å². The number of nitrogens with zero attached hydrogens (tertiary/aromatic N) is 9. The maximum atomic E-state index is 5.73. The van der Waals surface area contributed by atoms with Crippen molar-refractivity contribution in [1.82, 2.24) is 39.5 Å². The number of nitrogen functional groups attached to an aromatic ring is 1. The highest BCUT2D eigenvalue weighted by Crippen LogP contribution is 2.12. The van der Waals surface area contributed by atoms with Crippen LogP contribution in [-0.4, -0.2) is 46.5 Å². The molecule has 0 spiro atoms. The molecule has 0 unspecified atom stereocenters. The van der Waals surface area contributed by atoms with Crippen molar-refractivity contribution in [2.45, 2.75) is 6.54 Å². The number of aromatic nitrogens is 8. The van der Waals surface area contributed by atoms with Crippen LogP contribution < -0.4 is 10.6 Å². The average molecular weight is 286 g/mol. The van der Waals surface area contributed by atoms with Gasteiger partial charge in [-0.3, -0.25) is 4.68 Å². The highest BCUT2D eigenvalue weighted by molar-refractivity contribution is 5.37. The fourth-order valence-corrected chi connectivity index (χ4v) is 1.85. The van der Waals surface area contributed by atoms with Crippen LogP contribution in [0.15, 0.2) is 25.0 Å². The molecule has 0 radical (unpaired) electrons. The Morgan fingerprint density at radius 1 is 1.24 bits per heavy atom. The molecular weight excluding hydrogens is 272 g/mol. The molecule has 3 aromatic heterocycles. The first-order valence-corrected chi connectivity index (χ1v) is 6.17. The van der Waals surface area contributed by atoms with Crippen molar-refractivity contribution in [2.24, 2.45) is 7.05 Å². The molecule has 0 aliphatic carbocycles. The molecule has 0 atom stereocenters. The van der Waals surface area contributed by atoms with Gasteiger partial charge in [-0.1, -0.05) is 0 Å². The third-order valence-corrected chi connectivity index (χ3v) is 2.77. The molecule has 0 saturated carbocycles. The Bertz CT molecular complexity index is 731. The van der Waals surface area contributed by atoms with E-state index < -0.39 is 0 Å². The highest BCUT2D eigenvalue weighted by Gasteiger charge is 2.11. The molecule has 0 aliphatic rings. The molecule has 0 aromatic carbocycles. The van der Waals surface area contributed by atoms with Gasteiger partial charge < -0.3 is 10.6 Å².